The van der Waals surface area contributed by atoms with Crippen LogP contribution in [0.4, 0.5) is 0 Å². The third-order valence-corrected chi connectivity index (χ3v) is 4.79. The van der Waals surface area contributed by atoms with E-state index >= 15 is 0 Å². The molecule has 5 nitrogen and oxygen atoms in total. The lowest BCUT2D eigenvalue weighted by Crippen LogP contribution is -2.11. The average molecular weight is 428 g/mol. The molecule has 0 spiro atoms. The molecule has 0 amide bonds. The molecule has 0 atom stereocenters. The smallest absolute Gasteiger partial charge is 0.328 e. The first-order valence-corrected chi connectivity index (χ1v) is 9.25. The first-order chi connectivity index (χ1) is 12.7. The summed E-state index contributed by atoms with van der Waals surface area (Å²) in [5, 5.41) is 16.8. The molecule has 0 aliphatic heterocycles. The van der Waals surface area contributed by atoms with Crippen molar-refractivity contribution in [1.29, 1.82) is 0 Å². The molecule has 2 aromatic rings. The summed E-state index contributed by atoms with van der Waals surface area (Å²) >= 11 is 13.7. The maximum absolute atomic E-state index is 9.55. The van der Waals surface area contributed by atoms with Gasteiger partial charge in [0.2, 0.25) is 0 Å². The number of hydrogen-bond donors (Lipinski definition) is 2. The Morgan fingerprint density at radius 3 is 2.11 bits per heavy atom. The molecule has 0 unspecified atom stereocenters. The maximum atomic E-state index is 9.55. The van der Waals surface area contributed by atoms with Gasteiger partial charge in [-0.05, 0) is 43.9 Å². The minimum atomic E-state index is -1.26. The van der Waals surface area contributed by atoms with Gasteiger partial charge < -0.3 is 15.1 Å². The summed E-state index contributed by atoms with van der Waals surface area (Å²) in [7, 11) is 4.14. The molecule has 27 heavy (non-hydrogen) atoms. The zero-order valence-electron chi connectivity index (χ0n) is 14.7. The highest BCUT2D eigenvalue weighted by Gasteiger charge is 2.06. The van der Waals surface area contributed by atoms with E-state index in [1.807, 2.05) is 18.2 Å². The highest BCUT2D eigenvalue weighted by molar-refractivity contribution is 7.99. The Morgan fingerprint density at radius 2 is 1.59 bits per heavy atom. The second-order valence-corrected chi connectivity index (χ2v) is 7.46. The number of aliphatic carboxylic acids is 2. The zero-order chi connectivity index (χ0) is 20.4. The van der Waals surface area contributed by atoms with Crippen LogP contribution in [0.1, 0.15) is 5.56 Å². The van der Waals surface area contributed by atoms with Crippen molar-refractivity contribution in [1.82, 2.24) is 4.90 Å². The first-order valence-electron chi connectivity index (χ1n) is 7.68. The van der Waals surface area contributed by atoms with E-state index in [1.165, 1.54) is 10.5 Å². The van der Waals surface area contributed by atoms with Crippen LogP contribution in [-0.4, -0.2) is 41.1 Å². The van der Waals surface area contributed by atoms with E-state index in [1.54, 1.807) is 11.8 Å². The molecule has 0 aromatic heterocycles. The van der Waals surface area contributed by atoms with Gasteiger partial charge in [0.15, 0.2) is 0 Å². The van der Waals surface area contributed by atoms with Crippen molar-refractivity contribution in [2.45, 2.75) is 16.3 Å². The highest BCUT2D eigenvalue weighted by Crippen LogP contribution is 2.34. The van der Waals surface area contributed by atoms with Crippen molar-refractivity contribution >= 4 is 46.9 Å². The largest absolute Gasteiger partial charge is 0.478 e. The summed E-state index contributed by atoms with van der Waals surface area (Å²) in [6.45, 7) is 0.921. The van der Waals surface area contributed by atoms with Crippen LogP contribution in [0.2, 0.25) is 10.0 Å². The maximum Gasteiger partial charge on any atom is 0.328 e. The van der Waals surface area contributed by atoms with E-state index in [-0.39, 0.29) is 0 Å². The number of hydrogen-bond acceptors (Lipinski definition) is 4. The fraction of sp³-hybridized carbons (Fsp3) is 0.158. The lowest BCUT2D eigenvalue weighted by molar-refractivity contribution is -0.134. The molecule has 2 rings (SSSR count). The minimum absolute atomic E-state index is 0.558. The number of nitrogens with zero attached hydrogens (tertiary/aromatic N) is 1. The van der Waals surface area contributed by atoms with Gasteiger partial charge in [0.05, 0.1) is 10.0 Å². The minimum Gasteiger partial charge on any atom is -0.478 e. The summed E-state index contributed by atoms with van der Waals surface area (Å²) in [4.78, 5) is 23.6. The number of carboxylic acids is 2. The van der Waals surface area contributed by atoms with Crippen molar-refractivity contribution in [3.63, 3.8) is 0 Å². The van der Waals surface area contributed by atoms with Gasteiger partial charge >= 0.3 is 11.9 Å². The number of carboxylic acid groups (broad SMARTS) is 2. The Kier molecular flexibility index (Phi) is 9.96. The van der Waals surface area contributed by atoms with Crippen LogP contribution < -0.4 is 0 Å². The van der Waals surface area contributed by atoms with Crippen LogP contribution in [-0.2, 0) is 16.1 Å². The second-order valence-electron chi connectivity index (χ2n) is 5.53. The van der Waals surface area contributed by atoms with Crippen LogP contribution in [0.25, 0.3) is 0 Å². The second kappa shape index (κ2) is 11.7. The molecule has 0 radical (unpaired) electrons. The van der Waals surface area contributed by atoms with Gasteiger partial charge in [-0.15, -0.1) is 0 Å². The monoisotopic (exact) mass is 427 g/mol. The van der Waals surface area contributed by atoms with Gasteiger partial charge in [-0.25, -0.2) is 9.59 Å². The number of rotatable bonds is 6. The quantitative estimate of drug-likeness (QED) is 0.637. The normalized spacial score (nSPS) is 10.6. The van der Waals surface area contributed by atoms with E-state index in [0.717, 1.165) is 11.4 Å². The van der Waals surface area contributed by atoms with Crippen LogP contribution in [0.5, 0.6) is 0 Å². The molecule has 144 valence electrons. The summed E-state index contributed by atoms with van der Waals surface area (Å²) in [5.74, 6) is -2.51. The molecule has 0 aliphatic carbocycles. The Labute approximate surface area is 172 Å². The van der Waals surface area contributed by atoms with E-state index < -0.39 is 11.9 Å². The Balaban J connectivity index is 0.000000387. The number of carbonyl (C=O) groups is 2. The third-order valence-electron chi connectivity index (χ3n) is 2.95. The molecule has 0 saturated carbocycles. The predicted octanol–water partition coefficient (Wildman–Crippen LogP) is 4.92. The van der Waals surface area contributed by atoms with Gasteiger partial charge in [0.1, 0.15) is 0 Å². The summed E-state index contributed by atoms with van der Waals surface area (Å²) in [6, 6.07) is 14.1. The van der Waals surface area contributed by atoms with Crippen molar-refractivity contribution in [3.05, 3.63) is 70.2 Å². The average Bonchev–Trinajstić information content (AvgIpc) is 2.58. The third kappa shape index (κ3) is 9.49. The molecular weight excluding hydrogens is 409 g/mol. The lowest BCUT2D eigenvalue weighted by atomic mass is 10.2. The molecule has 2 aromatic carbocycles. The van der Waals surface area contributed by atoms with Gasteiger partial charge in [-0.1, -0.05) is 53.2 Å². The molecule has 0 aliphatic rings. The van der Waals surface area contributed by atoms with Crippen LogP contribution >= 0.6 is 35.0 Å². The number of halogens is 2. The molecule has 2 N–H and O–H groups in total. The fourth-order valence-electron chi connectivity index (χ4n) is 1.88. The first kappa shape index (κ1) is 23.0. The molecule has 0 fully saturated rings. The van der Waals surface area contributed by atoms with Gasteiger partial charge in [-0.3, -0.25) is 0 Å². The van der Waals surface area contributed by atoms with Crippen LogP contribution in [0.15, 0.2) is 64.4 Å². The lowest BCUT2D eigenvalue weighted by Gasteiger charge is -2.13. The van der Waals surface area contributed by atoms with E-state index in [9.17, 15) is 9.59 Å². The molecule has 8 heteroatoms. The summed E-state index contributed by atoms with van der Waals surface area (Å²) < 4.78 is 0. The summed E-state index contributed by atoms with van der Waals surface area (Å²) in [5.41, 5.74) is 1.31. The van der Waals surface area contributed by atoms with Gasteiger partial charge in [0.25, 0.3) is 0 Å². The van der Waals surface area contributed by atoms with Crippen molar-refractivity contribution in [2.24, 2.45) is 0 Å². The van der Waals surface area contributed by atoms with Gasteiger partial charge in [-0.2, -0.15) is 0 Å². The molecular formula is C19H19Cl2NO4S. The fourth-order valence-corrected chi connectivity index (χ4v) is 3.22. The Bertz CT molecular complexity index is 809. The SMILES string of the molecule is CN(C)Cc1ccccc1Sc1ccc(Cl)c(Cl)c1.O=C(O)/C=C\C(=O)O. The van der Waals surface area contributed by atoms with E-state index in [4.69, 9.17) is 33.4 Å². The van der Waals surface area contributed by atoms with E-state index in [0.29, 0.717) is 22.2 Å². The zero-order valence-corrected chi connectivity index (χ0v) is 17.1. The van der Waals surface area contributed by atoms with Crippen molar-refractivity contribution in [3.8, 4) is 0 Å². The number of benzene rings is 2. The Morgan fingerprint density at radius 1 is 1.00 bits per heavy atom. The molecule has 0 saturated heterocycles. The van der Waals surface area contributed by atoms with Crippen LogP contribution in [0, 0.1) is 0 Å². The van der Waals surface area contributed by atoms with Gasteiger partial charge in [0, 0.05) is 28.5 Å². The van der Waals surface area contributed by atoms with Crippen molar-refractivity contribution in [2.75, 3.05) is 14.1 Å². The topological polar surface area (TPSA) is 77.8 Å². The highest BCUT2D eigenvalue weighted by atomic mass is 35.5. The standard InChI is InChI=1S/C15H15Cl2NS.C4H4O4/c1-18(2)10-11-5-3-4-6-15(11)19-12-7-8-13(16)14(17)9-12;5-3(6)1-2-4(7)8/h3-9H,10H2,1-2H3;1-2H,(H,5,6)(H,7,8)/b;2-1-. The van der Waals surface area contributed by atoms with Crippen molar-refractivity contribution < 1.29 is 19.8 Å². The molecule has 0 heterocycles. The van der Waals surface area contributed by atoms with E-state index in [2.05, 4.69) is 43.3 Å². The predicted molar refractivity (Wildman–Crippen MR) is 109 cm³/mol. The molecule has 0 bridgehead atoms. The Hall–Kier alpha value is -1.99. The van der Waals surface area contributed by atoms with Crippen LogP contribution in [0.3, 0.4) is 0 Å². The summed E-state index contributed by atoms with van der Waals surface area (Å²) in [6.07, 6.45) is 1.12.